The Balaban J connectivity index is 2.97. The fourth-order valence-electron chi connectivity index (χ4n) is 1.90. The van der Waals surface area contributed by atoms with Gasteiger partial charge in [-0.05, 0) is 26.8 Å². The molecular formula is C19H41NO6. The summed E-state index contributed by atoms with van der Waals surface area (Å²) in [7, 11) is 0. The van der Waals surface area contributed by atoms with E-state index in [4.69, 9.17) is 28.4 Å². The number of rotatable bonds is 22. The molecule has 1 N–H and O–H groups in total. The summed E-state index contributed by atoms with van der Waals surface area (Å²) in [4.78, 5) is 0. The quantitative estimate of drug-likeness (QED) is 0.288. The van der Waals surface area contributed by atoms with Crippen LogP contribution in [0.25, 0.3) is 0 Å². The predicted molar refractivity (Wildman–Crippen MR) is 103 cm³/mol. The van der Waals surface area contributed by atoms with Gasteiger partial charge in [-0.1, -0.05) is 13.3 Å². The summed E-state index contributed by atoms with van der Waals surface area (Å²) in [5, 5.41) is 3.33. The fourth-order valence-corrected chi connectivity index (χ4v) is 1.90. The first-order valence-electron chi connectivity index (χ1n) is 9.98. The molecule has 7 nitrogen and oxygen atoms in total. The molecule has 0 aliphatic carbocycles. The minimum Gasteiger partial charge on any atom is -0.378 e. The molecule has 0 bridgehead atoms. The lowest BCUT2D eigenvalue weighted by molar-refractivity contribution is -0.0211. The van der Waals surface area contributed by atoms with Crippen molar-refractivity contribution in [2.24, 2.45) is 0 Å². The van der Waals surface area contributed by atoms with Crippen LogP contribution in [0.2, 0.25) is 0 Å². The summed E-state index contributed by atoms with van der Waals surface area (Å²) in [5.41, 5.74) is 0. The van der Waals surface area contributed by atoms with Gasteiger partial charge in [0.2, 0.25) is 0 Å². The van der Waals surface area contributed by atoms with E-state index in [1.807, 2.05) is 13.8 Å². The van der Waals surface area contributed by atoms with Gasteiger partial charge < -0.3 is 33.7 Å². The van der Waals surface area contributed by atoms with E-state index in [2.05, 4.69) is 12.2 Å². The molecule has 0 aromatic rings. The molecule has 0 amide bonds. The van der Waals surface area contributed by atoms with E-state index in [1.165, 1.54) is 12.8 Å². The maximum absolute atomic E-state index is 5.46. The first kappa shape index (κ1) is 25.7. The third-order valence-corrected chi connectivity index (χ3v) is 3.30. The van der Waals surface area contributed by atoms with Crippen molar-refractivity contribution in [1.29, 1.82) is 0 Å². The zero-order valence-electron chi connectivity index (χ0n) is 17.1. The Labute approximate surface area is 160 Å². The molecule has 26 heavy (non-hydrogen) atoms. The van der Waals surface area contributed by atoms with Crippen LogP contribution in [0.1, 0.15) is 33.6 Å². The minimum atomic E-state index is 0.251. The molecule has 0 atom stereocenters. The second-order valence-corrected chi connectivity index (χ2v) is 6.08. The van der Waals surface area contributed by atoms with Crippen LogP contribution >= 0.6 is 0 Å². The van der Waals surface area contributed by atoms with Crippen LogP contribution < -0.4 is 5.32 Å². The Bertz CT molecular complexity index is 256. The van der Waals surface area contributed by atoms with Crippen LogP contribution in [-0.4, -0.2) is 91.9 Å². The molecule has 0 spiro atoms. The topological polar surface area (TPSA) is 67.4 Å². The Morgan fingerprint density at radius 2 is 1.00 bits per heavy atom. The lowest BCUT2D eigenvalue weighted by Gasteiger charge is -2.09. The summed E-state index contributed by atoms with van der Waals surface area (Å²) in [6, 6.07) is 0. The van der Waals surface area contributed by atoms with E-state index in [0.717, 1.165) is 19.7 Å². The zero-order chi connectivity index (χ0) is 19.1. The van der Waals surface area contributed by atoms with E-state index in [9.17, 15) is 0 Å². The third-order valence-electron chi connectivity index (χ3n) is 3.30. The van der Waals surface area contributed by atoms with Gasteiger partial charge >= 0.3 is 0 Å². The number of hydrogen-bond acceptors (Lipinski definition) is 7. The van der Waals surface area contributed by atoms with E-state index in [-0.39, 0.29) is 6.10 Å². The number of nitrogens with one attached hydrogen (secondary N) is 1. The van der Waals surface area contributed by atoms with Crippen molar-refractivity contribution >= 4 is 0 Å². The standard InChI is InChI=1S/C19H41NO6/c1-4-5-6-20-7-8-21-9-10-22-11-12-23-13-14-24-15-16-25-17-18-26-19(2)3/h19-20H,4-18H2,1-3H3. The number of hydrogen-bond donors (Lipinski definition) is 1. The van der Waals surface area contributed by atoms with Gasteiger partial charge in [0.15, 0.2) is 0 Å². The van der Waals surface area contributed by atoms with Crippen molar-refractivity contribution in [3.8, 4) is 0 Å². The van der Waals surface area contributed by atoms with Crippen LogP contribution in [-0.2, 0) is 28.4 Å². The zero-order valence-corrected chi connectivity index (χ0v) is 17.1. The second kappa shape index (κ2) is 22.8. The Morgan fingerprint density at radius 3 is 1.42 bits per heavy atom. The summed E-state index contributed by atoms with van der Waals surface area (Å²) in [6.07, 6.45) is 2.69. The van der Waals surface area contributed by atoms with Gasteiger partial charge in [-0.3, -0.25) is 0 Å². The molecule has 0 saturated carbocycles. The first-order chi connectivity index (χ1) is 12.8. The average molecular weight is 380 g/mol. The molecule has 0 unspecified atom stereocenters. The van der Waals surface area contributed by atoms with Crippen LogP contribution in [0.5, 0.6) is 0 Å². The van der Waals surface area contributed by atoms with Crippen molar-refractivity contribution in [3.05, 3.63) is 0 Å². The molecule has 0 radical (unpaired) electrons. The van der Waals surface area contributed by atoms with E-state index < -0.39 is 0 Å². The van der Waals surface area contributed by atoms with E-state index in [0.29, 0.717) is 66.1 Å². The van der Waals surface area contributed by atoms with Crippen LogP contribution in [0.4, 0.5) is 0 Å². The second-order valence-electron chi connectivity index (χ2n) is 6.08. The number of ether oxygens (including phenoxy) is 6. The van der Waals surface area contributed by atoms with Gasteiger partial charge in [0, 0.05) is 6.54 Å². The Kier molecular flexibility index (Phi) is 22.5. The van der Waals surface area contributed by atoms with Crippen LogP contribution in [0.15, 0.2) is 0 Å². The van der Waals surface area contributed by atoms with Gasteiger partial charge in [0.05, 0.1) is 78.8 Å². The summed E-state index contributed by atoms with van der Waals surface area (Å²) >= 11 is 0. The van der Waals surface area contributed by atoms with Crippen molar-refractivity contribution in [2.75, 3.05) is 85.8 Å². The molecule has 0 heterocycles. The SMILES string of the molecule is CCCCNCCOCCOCCOCCOCCOCCOC(C)C. The highest BCUT2D eigenvalue weighted by Gasteiger charge is 1.95. The van der Waals surface area contributed by atoms with Crippen molar-refractivity contribution in [1.82, 2.24) is 5.32 Å². The highest BCUT2D eigenvalue weighted by atomic mass is 16.6. The van der Waals surface area contributed by atoms with E-state index >= 15 is 0 Å². The Morgan fingerprint density at radius 1 is 0.577 bits per heavy atom. The van der Waals surface area contributed by atoms with Gasteiger partial charge in [0.25, 0.3) is 0 Å². The maximum atomic E-state index is 5.46. The number of unbranched alkanes of at least 4 members (excludes halogenated alkanes) is 1. The van der Waals surface area contributed by atoms with Gasteiger partial charge in [-0.15, -0.1) is 0 Å². The minimum absolute atomic E-state index is 0.251. The van der Waals surface area contributed by atoms with Gasteiger partial charge in [-0.25, -0.2) is 0 Å². The van der Waals surface area contributed by atoms with Gasteiger partial charge in [0.1, 0.15) is 0 Å². The van der Waals surface area contributed by atoms with Gasteiger partial charge in [-0.2, -0.15) is 0 Å². The summed E-state index contributed by atoms with van der Waals surface area (Å²) in [6.45, 7) is 14.8. The summed E-state index contributed by atoms with van der Waals surface area (Å²) in [5.74, 6) is 0. The molecule has 0 saturated heterocycles. The maximum Gasteiger partial charge on any atom is 0.0703 e. The molecule has 0 aliphatic rings. The largest absolute Gasteiger partial charge is 0.378 e. The predicted octanol–water partition coefficient (Wildman–Crippen LogP) is 1.88. The highest BCUT2D eigenvalue weighted by Crippen LogP contribution is 1.88. The van der Waals surface area contributed by atoms with E-state index in [1.54, 1.807) is 0 Å². The molecule has 7 heteroatoms. The summed E-state index contributed by atoms with van der Waals surface area (Å²) < 4.78 is 32.5. The lowest BCUT2D eigenvalue weighted by atomic mass is 10.3. The van der Waals surface area contributed by atoms with Crippen LogP contribution in [0.3, 0.4) is 0 Å². The molecule has 0 aliphatic heterocycles. The first-order valence-corrected chi connectivity index (χ1v) is 9.98. The smallest absolute Gasteiger partial charge is 0.0703 e. The normalized spacial score (nSPS) is 11.5. The molecule has 0 rings (SSSR count). The Hall–Kier alpha value is -0.280. The van der Waals surface area contributed by atoms with Crippen molar-refractivity contribution < 1.29 is 28.4 Å². The molecular weight excluding hydrogens is 338 g/mol. The monoisotopic (exact) mass is 379 g/mol. The van der Waals surface area contributed by atoms with Crippen molar-refractivity contribution in [3.63, 3.8) is 0 Å². The van der Waals surface area contributed by atoms with Crippen molar-refractivity contribution in [2.45, 2.75) is 39.7 Å². The molecule has 0 fully saturated rings. The van der Waals surface area contributed by atoms with Crippen LogP contribution in [0, 0.1) is 0 Å². The molecule has 158 valence electrons. The highest BCUT2D eigenvalue weighted by molar-refractivity contribution is 4.45. The average Bonchev–Trinajstić information content (AvgIpc) is 2.62. The lowest BCUT2D eigenvalue weighted by Crippen LogP contribution is -2.21. The molecule has 0 aromatic heterocycles. The third kappa shape index (κ3) is 23.7. The molecule has 0 aromatic carbocycles. The fraction of sp³-hybridized carbons (Fsp3) is 1.00.